The Kier molecular flexibility index (Phi) is 6.55. The van der Waals surface area contributed by atoms with Gasteiger partial charge in [0.05, 0.1) is 13.2 Å². The summed E-state index contributed by atoms with van der Waals surface area (Å²) in [6, 6.07) is 7.04. The fourth-order valence-corrected chi connectivity index (χ4v) is 4.51. The molecule has 3 atom stereocenters. The van der Waals surface area contributed by atoms with Crippen LogP contribution in [-0.2, 0) is 17.6 Å². The van der Waals surface area contributed by atoms with Gasteiger partial charge >= 0.3 is 0 Å². The van der Waals surface area contributed by atoms with Crippen molar-refractivity contribution in [2.75, 3.05) is 19.8 Å². The summed E-state index contributed by atoms with van der Waals surface area (Å²) in [6.07, 6.45) is 9.72. The lowest BCUT2D eigenvalue weighted by Crippen LogP contribution is -2.40. The van der Waals surface area contributed by atoms with Crippen molar-refractivity contribution in [2.45, 2.75) is 70.3 Å². The van der Waals surface area contributed by atoms with Crippen molar-refractivity contribution in [3.05, 3.63) is 46.5 Å². The Labute approximate surface area is 158 Å². The maximum absolute atomic E-state index is 9.50. The molecule has 0 unspecified atom stereocenters. The van der Waals surface area contributed by atoms with Crippen LogP contribution in [0.15, 0.2) is 29.8 Å². The predicted molar refractivity (Wildman–Crippen MR) is 107 cm³/mol. The summed E-state index contributed by atoms with van der Waals surface area (Å²) < 4.78 is 5.90. The SMILES string of the molecule is CC(C)=CCCOC[C@@H]1CCc2cc([C@H]3CC[C@](N)(CO)C3)ccc2C1. The molecule has 1 aromatic rings. The van der Waals surface area contributed by atoms with Crippen molar-refractivity contribution in [1.29, 1.82) is 0 Å². The fourth-order valence-electron chi connectivity index (χ4n) is 4.51. The largest absolute Gasteiger partial charge is 0.394 e. The van der Waals surface area contributed by atoms with E-state index in [0.717, 1.165) is 51.7 Å². The molecule has 26 heavy (non-hydrogen) atoms. The monoisotopic (exact) mass is 357 g/mol. The number of nitrogens with two attached hydrogens (primary N) is 1. The third kappa shape index (κ3) is 4.97. The lowest BCUT2D eigenvalue weighted by molar-refractivity contribution is 0.0977. The topological polar surface area (TPSA) is 55.5 Å². The first-order chi connectivity index (χ1) is 12.5. The molecule has 0 aromatic heterocycles. The molecule has 3 heteroatoms. The summed E-state index contributed by atoms with van der Waals surface area (Å²) in [5, 5.41) is 9.50. The highest BCUT2D eigenvalue weighted by Crippen LogP contribution is 2.40. The van der Waals surface area contributed by atoms with E-state index < -0.39 is 0 Å². The number of rotatable bonds is 7. The van der Waals surface area contributed by atoms with Crippen molar-refractivity contribution in [3.63, 3.8) is 0 Å². The Morgan fingerprint density at radius 2 is 2.15 bits per heavy atom. The van der Waals surface area contributed by atoms with E-state index in [-0.39, 0.29) is 12.1 Å². The highest BCUT2D eigenvalue weighted by Gasteiger charge is 2.36. The van der Waals surface area contributed by atoms with Crippen LogP contribution in [0.2, 0.25) is 0 Å². The average Bonchev–Trinajstić information content (AvgIpc) is 3.04. The van der Waals surface area contributed by atoms with Gasteiger partial charge in [-0.05, 0) is 87.3 Å². The second-order valence-corrected chi connectivity index (χ2v) is 8.74. The Morgan fingerprint density at radius 3 is 2.88 bits per heavy atom. The third-order valence-corrected chi connectivity index (χ3v) is 6.16. The normalized spacial score (nSPS) is 28.0. The summed E-state index contributed by atoms with van der Waals surface area (Å²) in [5.74, 6) is 1.16. The number of allylic oxidation sites excluding steroid dienone is 1. The first kappa shape index (κ1) is 19.6. The minimum Gasteiger partial charge on any atom is -0.394 e. The zero-order valence-corrected chi connectivity index (χ0v) is 16.5. The molecule has 0 aliphatic heterocycles. The summed E-state index contributed by atoms with van der Waals surface area (Å²) in [7, 11) is 0. The van der Waals surface area contributed by atoms with Crippen molar-refractivity contribution in [2.24, 2.45) is 11.7 Å². The molecule has 0 bridgehead atoms. The fraction of sp³-hybridized carbons (Fsp3) is 0.652. The molecule has 1 fully saturated rings. The number of ether oxygens (including phenoxy) is 1. The number of aryl methyl sites for hydroxylation is 1. The minimum absolute atomic E-state index is 0.101. The molecular weight excluding hydrogens is 322 g/mol. The maximum atomic E-state index is 9.50. The number of hydrogen-bond donors (Lipinski definition) is 2. The summed E-state index contributed by atoms with van der Waals surface area (Å²) in [5.41, 5.74) is 11.7. The van der Waals surface area contributed by atoms with Crippen molar-refractivity contribution in [1.82, 2.24) is 0 Å². The molecule has 2 aliphatic carbocycles. The average molecular weight is 358 g/mol. The van der Waals surface area contributed by atoms with Crippen LogP contribution in [0.3, 0.4) is 0 Å². The van der Waals surface area contributed by atoms with Crippen molar-refractivity contribution in [3.8, 4) is 0 Å². The van der Waals surface area contributed by atoms with Crippen LogP contribution in [0.25, 0.3) is 0 Å². The van der Waals surface area contributed by atoms with E-state index in [1.165, 1.54) is 28.7 Å². The molecule has 0 heterocycles. The van der Waals surface area contributed by atoms with Crippen LogP contribution in [0.4, 0.5) is 0 Å². The molecule has 2 aliphatic rings. The van der Waals surface area contributed by atoms with Crippen LogP contribution in [-0.4, -0.2) is 30.5 Å². The smallest absolute Gasteiger partial charge is 0.0611 e. The summed E-state index contributed by atoms with van der Waals surface area (Å²) >= 11 is 0. The molecule has 0 radical (unpaired) electrons. The molecule has 1 aromatic carbocycles. The van der Waals surface area contributed by atoms with Gasteiger partial charge in [-0.25, -0.2) is 0 Å². The van der Waals surface area contributed by atoms with Gasteiger partial charge in [0.1, 0.15) is 0 Å². The number of benzene rings is 1. The van der Waals surface area contributed by atoms with Gasteiger partial charge in [0.15, 0.2) is 0 Å². The minimum atomic E-state index is -0.367. The van der Waals surface area contributed by atoms with E-state index in [1.54, 1.807) is 0 Å². The van der Waals surface area contributed by atoms with Gasteiger partial charge in [0.25, 0.3) is 0 Å². The van der Waals surface area contributed by atoms with Gasteiger partial charge in [-0.15, -0.1) is 0 Å². The van der Waals surface area contributed by atoms with E-state index in [4.69, 9.17) is 10.5 Å². The molecular formula is C23H35NO2. The zero-order chi connectivity index (χ0) is 18.6. The van der Waals surface area contributed by atoms with Gasteiger partial charge in [-0.3, -0.25) is 0 Å². The van der Waals surface area contributed by atoms with Crippen LogP contribution >= 0.6 is 0 Å². The predicted octanol–water partition coefficient (Wildman–Crippen LogP) is 4.12. The van der Waals surface area contributed by atoms with E-state index in [9.17, 15) is 5.11 Å². The molecule has 0 amide bonds. The standard InChI is InChI=1S/C23H35NO2/c1-17(2)4-3-11-26-15-18-5-6-20-13-21(8-7-19(20)12-18)22-9-10-23(24,14-22)16-25/h4,7-8,13,18,22,25H,3,5-6,9-12,14-16,24H2,1-2H3/t18-,22+,23-/m1/s1. The molecule has 144 valence electrons. The quantitative estimate of drug-likeness (QED) is 0.570. The number of aliphatic hydroxyl groups excluding tert-OH is 1. The molecule has 3 nitrogen and oxygen atoms in total. The third-order valence-electron chi connectivity index (χ3n) is 6.16. The molecule has 0 spiro atoms. The number of aliphatic hydroxyl groups is 1. The van der Waals surface area contributed by atoms with E-state index in [2.05, 4.69) is 38.1 Å². The first-order valence-corrected chi connectivity index (χ1v) is 10.2. The van der Waals surface area contributed by atoms with Crippen LogP contribution < -0.4 is 5.73 Å². The maximum Gasteiger partial charge on any atom is 0.0611 e. The van der Waals surface area contributed by atoms with Crippen molar-refractivity contribution >= 4 is 0 Å². The second kappa shape index (κ2) is 8.69. The Morgan fingerprint density at radius 1 is 1.31 bits per heavy atom. The van der Waals surface area contributed by atoms with Crippen LogP contribution in [0.5, 0.6) is 0 Å². The highest BCUT2D eigenvalue weighted by molar-refractivity contribution is 5.36. The van der Waals surface area contributed by atoms with Gasteiger partial charge in [0.2, 0.25) is 0 Å². The van der Waals surface area contributed by atoms with Crippen molar-refractivity contribution < 1.29 is 9.84 Å². The Balaban J connectivity index is 1.52. The molecule has 3 rings (SSSR count). The number of fused-ring (bicyclic) bond motifs is 1. The summed E-state index contributed by atoms with van der Waals surface area (Å²) in [4.78, 5) is 0. The first-order valence-electron chi connectivity index (χ1n) is 10.2. The van der Waals surface area contributed by atoms with Gasteiger partial charge in [-0.1, -0.05) is 29.8 Å². The van der Waals surface area contributed by atoms with E-state index in [0.29, 0.717) is 11.8 Å². The molecule has 1 saturated carbocycles. The second-order valence-electron chi connectivity index (χ2n) is 8.74. The van der Waals surface area contributed by atoms with Gasteiger partial charge in [0, 0.05) is 12.1 Å². The number of hydrogen-bond acceptors (Lipinski definition) is 3. The van der Waals surface area contributed by atoms with E-state index in [1.807, 2.05) is 0 Å². The van der Waals surface area contributed by atoms with Crippen LogP contribution in [0.1, 0.15) is 68.6 Å². The lowest BCUT2D eigenvalue weighted by Gasteiger charge is -2.26. The van der Waals surface area contributed by atoms with Gasteiger partial charge < -0.3 is 15.6 Å². The highest BCUT2D eigenvalue weighted by atomic mass is 16.5. The lowest BCUT2D eigenvalue weighted by atomic mass is 9.82. The molecule has 3 N–H and O–H groups in total. The van der Waals surface area contributed by atoms with Crippen LogP contribution in [0, 0.1) is 5.92 Å². The Hall–Kier alpha value is -1.16. The van der Waals surface area contributed by atoms with Gasteiger partial charge in [-0.2, -0.15) is 0 Å². The van der Waals surface area contributed by atoms with E-state index >= 15 is 0 Å². The molecule has 0 saturated heterocycles. The summed E-state index contributed by atoms with van der Waals surface area (Å²) in [6.45, 7) is 6.08. The zero-order valence-electron chi connectivity index (χ0n) is 16.5. The Bertz CT molecular complexity index is 635.